The molecule has 1 aliphatic carbocycles. The molecule has 2 nitrogen and oxygen atoms in total. The minimum atomic E-state index is 0.463. The van der Waals surface area contributed by atoms with Crippen LogP contribution in [0.4, 0.5) is 0 Å². The van der Waals surface area contributed by atoms with Crippen molar-refractivity contribution in [1.82, 2.24) is 5.32 Å². The summed E-state index contributed by atoms with van der Waals surface area (Å²) in [7, 11) is 2.03. The van der Waals surface area contributed by atoms with Crippen LogP contribution in [0.2, 0.25) is 0 Å². The Hall–Kier alpha value is -0.0800. The third kappa shape index (κ3) is 2.46. The number of rotatable bonds is 2. The van der Waals surface area contributed by atoms with Crippen molar-refractivity contribution in [1.29, 1.82) is 0 Å². The largest absolute Gasteiger partial charge is 0.328 e. The molecule has 3 N–H and O–H groups in total. The fourth-order valence-corrected chi connectivity index (χ4v) is 1.96. The minimum Gasteiger partial charge on any atom is -0.328 e. The zero-order valence-corrected chi connectivity index (χ0v) is 7.64. The predicted molar refractivity (Wildman–Crippen MR) is 48.5 cm³/mol. The Labute approximate surface area is 69.5 Å². The van der Waals surface area contributed by atoms with E-state index in [4.69, 9.17) is 5.73 Å². The summed E-state index contributed by atoms with van der Waals surface area (Å²) in [6, 6.07) is 1.10. The van der Waals surface area contributed by atoms with Crippen LogP contribution in [0.25, 0.3) is 0 Å². The van der Waals surface area contributed by atoms with Crippen molar-refractivity contribution in [2.45, 2.75) is 44.7 Å². The Balaban J connectivity index is 2.33. The average molecular weight is 156 g/mol. The van der Waals surface area contributed by atoms with Gasteiger partial charge in [0.1, 0.15) is 0 Å². The van der Waals surface area contributed by atoms with E-state index in [1.54, 1.807) is 0 Å². The van der Waals surface area contributed by atoms with E-state index in [1.165, 1.54) is 25.7 Å². The SMILES string of the molecule is CNC(C)C1CCCC(N)C1. The summed E-state index contributed by atoms with van der Waals surface area (Å²) in [5, 5.41) is 3.30. The van der Waals surface area contributed by atoms with E-state index >= 15 is 0 Å². The van der Waals surface area contributed by atoms with Gasteiger partial charge in [-0.15, -0.1) is 0 Å². The third-order valence-electron chi connectivity index (χ3n) is 2.92. The second kappa shape index (κ2) is 4.07. The van der Waals surface area contributed by atoms with Crippen molar-refractivity contribution in [2.75, 3.05) is 7.05 Å². The van der Waals surface area contributed by atoms with Gasteiger partial charge in [-0.25, -0.2) is 0 Å². The summed E-state index contributed by atoms with van der Waals surface area (Å²) in [5.74, 6) is 0.809. The zero-order chi connectivity index (χ0) is 8.27. The highest BCUT2D eigenvalue weighted by Crippen LogP contribution is 2.25. The van der Waals surface area contributed by atoms with Gasteiger partial charge in [0.15, 0.2) is 0 Å². The van der Waals surface area contributed by atoms with Crippen LogP contribution in [0.5, 0.6) is 0 Å². The summed E-state index contributed by atoms with van der Waals surface area (Å²) in [6.45, 7) is 2.25. The van der Waals surface area contributed by atoms with Gasteiger partial charge in [0.25, 0.3) is 0 Å². The van der Waals surface area contributed by atoms with E-state index in [0.29, 0.717) is 12.1 Å². The number of hydrogen-bond acceptors (Lipinski definition) is 2. The van der Waals surface area contributed by atoms with Crippen molar-refractivity contribution in [3.63, 3.8) is 0 Å². The molecule has 0 spiro atoms. The molecule has 0 amide bonds. The Morgan fingerprint density at radius 3 is 2.73 bits per heavy atom. The number of nitrogens with one attached hydrogen (secondary N) is 1. The van der Waals surface area contributed by atoms with Crippen LogP contribution in [-0.2, 0) is 0 Å². The van der Waals surface area contributed by atoms with E-state index in [2.05, 4.69) is 12.2 Å². The molecule has 3 unspecified atom stereocenters. The molecular formula is C9H20N2. The number of hydrogen-bond donors (Lipinski definition) is 2. The maximum Gasteiger partial charge on any atom is 0.00645 e. The molecule has 2 heteroatoms. The molecule has 0 aromatic carbocycles. The van der Waals surface area contributed by atoms with Crippen molar-refractivity contribution >= 4 is 0 Å². The van der Waals surface area contributed by atoms with Crippen molar-refractivity contribution < 1.29 is 0 Å². The van der Waals surface area contributed by atoms with Crippen LogP contribution >= 0.6 is 0 Å². The second-order valence-electron chi connectivity index (χ2n) is 3.76. The van der Waals surface area contributed by atoms with Gasteiger partial charge in [0.05, 0.1) is 0 Å². The van der Waals surface area contributed by atoms with E-state index in [1.807, 2.05) is 7.05 Å². The monoisotopic (exact) mass is 156 g/mol. The van der Waals surface area contributed by atoms with Crippen LogP contribution in [-0.4, -0.2) is 19.1 Å². The first kappa shape index (κ1) is 9.01. The van der Waals surface area contributed by atoms with E-state index in [-0.39, 0.29) is 0 Å². The molecule has 0 aliphatic heterocycles. The fourth-order valence-electron chi connectivity index (χ4n) is 1.96. The van der Waals surface area contributed by atoms with Gasteiger partial charge in [0.2, 0.25) is 0 Å². The fraction of sp³-hybridized carbons (Fsp3) is 1.00. The van der Waals surface area contributed by atoms with Gasteiger partial charge in [-0.05, 0) is 39.2 Å². The summed E-state index contributed by atoms with van der Waals surface area (Å²) in [6.07, 6.45) is 5.11. The topological polar surface area (TPSA) is 38.0 Å². The lowest BCUT2D eigenvalue weighted by molar-refractivity contribution is 0.267. The van der Waals surface area contributed by atoms with Crippen molar-refractivity contribution in [3.8, 4) is 0 Å². The lowest BCUT2D eigenvalue weighted by Crippen LogP contribution is -2.37. The molecule has 0 heterocycles. The molecule has 11 heavy (non-hydrogen) atoms. The highest BCUT2D eigenvalue weighted by molar-refractivity contribution is 4.80. The molecule has 1 fully saturated rings. The van der Waals surface area contributed by atoms with Crippen LogP contribution in [0.1, 0.15) is 32.6 Å². The minimum absolute atomic E-state index is 0.463. The summed E-state index contributed by atoms with van der Waals surface area (Å²) in [5.41, 5.74) is 5.89. The lowest BCUT2D eigenvalue weighted by Gasteiger charge is -2.30. The van der Waals surface area contributed by atoms with Gasteiger partial charge in [-0.3, -0.25) is 0 Å². The Morgan fingerprint density at radius 1 is 1.45 bits per heavy atom. The van der Waals surface area contributed by atoms with Crippen LogP contribution < -0.4 is 11.1 Å². The summed E-state index contributed by atoms with van der Waals surface area (Å²) in [4.78, 5) is 0. The van der Waals surface area contributed by atoms with Crippen molar-refractivity contribution in [3.05, 3.63) is 0 Å². The predicted octanol–water partition coefficient (Wildman–Crippen LogP) is 1.11. The maximum atomic E-state index is 5.89. The lowest BCUT2D eigenvalue weighted by atomic mass is 9.82. The van der Waals surface area contributed by atoms with Gasteiger partial charge in [-0.2, -0.15) is 0 Å². The smallest absolute Gasteiger partial charge is 0.00645 e. The first-order valence-electron chi connectivity index (χ1n) is 4.67. The molecule has 1 saturated carbocycles. The van der Waals surface area contributed by atoms with Crippen LogP contribution in [0.15, 0.2) is 0 Å². The van der Waals surface area contributed by atoms with Crippen molar-refractivity contribution in [2.24, 2.45) is 11.7 Å². The quantitative estimate of drug-likeness (QED) is 0.628. The standard InChI is InChI=1S/C9H20N2/c1-7(11-2)8-4-3-5-9(10)6-8/h7-9,11H,3-6,10H2,1-2H3. The molecule has 1 rings (SSSR count). The Morgan fingerprint density at radius 2 is 2.18 bits per heavy atom. The maximum absolute atomic E-state index is 5.89. The first-order valence-corrected chi connectivity index (χ1v) is 4.67. The molecule has 0 saturated heterocycles. The zero-order valence-electron chi connectivity index (χ0n) is 7.64. The molecule has 0 aromatic heterocycles. The second-order valence-corrected chi connectivity index (χ2v) is 3.76. The Bertz CT molecular complexity index is 114. The molecular weight excluding hydrogens is 136 g/mol. The van der Waals surface area contributed by atoms with Gasteiger partial charge >= 0.3 is 0 Å². The van der Waals surface area contributed by atoms with Gasteiger partial charge < -0.3 is 11.1 Å². The number of nitrogens with two attached hydrogens (primary N) is 1. The molecule has 0 radical (unpaired) electrons. The molecule has 0 bridgehead atoms. The van der Waals surface area contributed by atoms with Crippen LogP contribution in [0.3, 0.4) is 0 Å². The van der Waals surface area contributed by atoms with Crippen LogP contribution in [0, 0.1) is 5.92 Å². The molecule has 3 atom stereocenters. The van der Waals surface area contributed by atoms with E-state index in [9.17, 15) is 0 Å². The van der Waals surface area contributed by atoms with E-state index in [0.717, 1.165) is 5.92 Å². The molecule has 0 aromatic rings. The van der Waals surface area contributed by atoms with Gasteiger partial charge in [0, 0.05) is 12.1 Å². The van der Waals surface area contributed by atoms with E-state index < -0.39 is 0 Å². The Kier molecular flexibility index (Phi) is 3.34. The third-order valence-corrected chi connectivity index (χ3v) is 2.92. The summed E-state index contributed by atoms with van der Waals surface area (Å²) < 4.78 is 0. The first-order chi connectivity index (χ1) is 5.24. The molecule has 1 aliphatic rings. The average Bonchev–Trinajstić information content (AvgIpc) is 2.03. The normalized spacial score (nSPS) is 35.2. The highest BCUT2D eigenvalue weighted by atomic mass is 14.9. The molecule has 66 valence electrons. The van der Waals surface area contributed by atoms with Gasteiger partial charge in [-0.1, -0.05) is 6.42 Å². The summed E-state index contributed by atoms with van der Waals surface area (Å²) >= 11 is 0. The highest BCUT2D eigenvalue weighted by Gasteiger charge is 2.22.